The van der Waals surface area contributed by atoms with E-state index >= 15 is 0 Å². The number of pyridine rings is 1. The average molecular weight is 301 g/mol. The summed E-state index contributed by atoms with van der Waals surface area (Å²) in [6.45, 7) is -1.63. The number of ether oxygens (including phenoxy) is 1. The molecule has 1 rings (SSSR count). The predicted octanol–water partition coefficient (Wildman–Crippen LogP) is 2.69. The number of alkyl halides is 3. The summed E-state index contributed by atoms with van der Waals surface area (Å²) in [4.78, 5) is 13.0. The van der Waals surface area contributed by atoms with E-state index in [0.29, 0.717) is 0 Å². The Bertz CT molecular complexity index is 410. The molecule has 1 aromatic rings. The van der Waals surface area contributed by atoms with Crippen molar-refractivity contribution in [2.75, 3.05) is 6.61 Å². The van der Waals surface area contributed by atoms with E-state index in [-0.39, 0.29) is 4.60 Å². The average Bonchev–Trinajstić information content (AvgIpc) is 2.13. The summed E-state index contributed by atoms with van der Waals surface area (Å²) < 4.78 is 39.9. The van der Waals surface area contributed by atoms with E-state index in [9.17, 15) is 23.3 Å². The molecule has 0 N–H and O–H groups in total. The van der Waals surface area contributed by atoms with Gasteiger partial charge in [0.25, 0.3) is 5.88 Å². The zero-order valence-electron chi connectivity index (χ0n) is 7.49. The summed E-state index contributed by atoms with van der Waals surface area (Å²) in [5, 5.41) is 10.4. The summed E-state index contributed by atoms with van der Waals surface area (Å²) in [5.74, 6) is -0.670. The molecule has 9 heteroatoms. The van der Waals surface area contributed by atoms with Crippen LogP contribution in [0.5, 0.6) is 5.88 Å². The molecule has 0 spiro atoms. The van der Waals surface area contributed by atoms with Crippen molar-refractivity contribution in [1.82, 2.24) is 4.98 Å². The molecule has 16 heavy (non-hydrogen) atoms. The second-order valence-electron chi connectivity index (χ2n) is 2.62. The lowest BCUT2D eigenvalue weighted by molar-refractivity contribution is -0.386. The van der Waals surface area contributed by atoms with Crippen molar-refractivity contribution >= 4 is 21.6 Å². The van der Waals surface area contributed by atoms with E-state index < -0.39 is 29.3 Å². The van der Waals surface area contributed by atoms with Gasteiger partial charge in [-0.05, 0) is 22.0 Å². The SMILES string of the molecule is O=[N+]([O-])c1ccc(Br)nc1OCC(F)(F)F. The quantitative estimate of drug-likeness (QED) is 0.489. The highest BCUT2D eigenvalue weighted by Gasteiger charge is 2.30. The number of nitro groups is 1. The van der Waals surface area contributed by atoms with Crippen molar-refractivity contribution in [2.24, 2.45) is 0 Å². The highest BCUT2D eigenvalue weighted by Crippen LogP contribution is 2.27. The molecule has 0 aromatic carbocycles. The molecule has 0 amide bonds. The number of nitrogens with zero attached hydrogens (tertiary/aromatic N) is 2. The second-order valence-corrected chi connectivity index (χ2v) is 3.43. The van der Waals surface area contributed by atoms with E-state index in [0.717, 1.165) is 6.07 Å². The molecule has 0 radical (unpaired) electrons. The van der Waals surface area contributed by atoms with Gasteiger partial charge in [0.2, 0.25) is 0 Å². The van der Waals surface area contributed by atoms with Gasteiger partial charge in [0.15, 0.2) is 6.61 Å². The molecule has 0 saturated carbocycles. The zero-order valence-corrected chi connectivity index (χ0v) is 9.08. The van der Waals surface area contributed by atoms with Crippen molar-refractivity contribution in [2.45, 2.75) is 6.18 Å². The van der Waals surface area contributed by atoms with Crippen LogP contribution in [-0.2, 0) is 0 Å². The molecule has 88 valence electrons. The van der Waals surface area contributed by atoms with Gasteiger partial charge < -0.3 is 4.74 Å². The van der Waals surface area contributed by atoms with Gasteiger partial charge in [0, 0.05) is 6.07 Å². The minimum atomic E-state index is -4.57. The monoisotopic (exact) mass is 300 g/mol. The number of halogens is 4. The van der Waals surface area contributed by atoms with Crippen LogP contribution in [0.25, 0.3) is 0 Å². The molecule has 0 aliphatic rings. The van der Waals surface area contributed by atoms with Gasteiger partial charge in [0.05, 0.1) is 4.92 Å². The Balaban J connectivity index is 2.93. The van der Waals surface area contributed by atoms with E-state index in [1.807, 2.05) is 0 Å². The summed E-state index contributed by atoms with van der Waals surface area (Å²) in [6.07, 6.45) is -4.57. The Morgan fingerprint density at radius 1 is 1.50 bits per heavy atom. The van der Waals surface area contributed by atoms with E-state index in [1.54, 1.807) is 0 Å². The molecular formula is C7H4BrF3N2O3. The van der Waals surface area contributed by atoms with Crippen LogP contribution in [0.3, 0.4) is 0 Å². The summed E-state index contributed by atoms with van der Waals surface area (Å²) >= 11 is 2.87. The van der Waals surface area contributed by atoms with Crippen LogP contribution >= 0.6 is 15.9 Å². The van der Waals surface area contributed by atoms with Crippen molar-refractivity contribution in [1.29, 1.82) is 0 Å². The van der Waals surface area contributed by atoms with E-state index in [4.69, 9.17) is 0 Å². The van der Waals surface area contributed by atoms with Gasteiger partial charge in [-0.15, -0.1) is 0 Å². The van der Waals surface area contributed by atoms with Crippen molar-refractivity contribution < 1.29 is 22.8 Å². The number of aromatic nitrogens is 1. The van der Waals surface area contributed by atoms with Gasteiger partial charge >= 0.3 is 11.9 Å². The summed E-state index contributed by atoms with van der Waals surface area (Å²) in [7, 11) is 0. The fourth-order valence-electron chi connectivity index (χ4n) is 0.806. The molecule has 0 bridgehead atoms. The van der Waals surface area contributed by atoms with Crippen molar-refractivity contribution in [3.05, 3.63) is 26.9 Å². The maximum atomic E-state index is 11.8. The Morgan fingerprint density at radius 3 is 2.62 bits per heavy atom. The van der Waals surface area contributed by atoms with Crippen LogP contribution in [0.2, 0.25) is 0 Å². The normalized spacial score (nSPS) is 11.2. The standard InChI is InChI=1S/C7H4BrF3N2O3/c8-5-2-1-4(13(14)15)6(12-5)16-3-7(9,10)11/h1-2H,3H2. The van der Waals surface area contributed by atoms with Crippen LogP contribution < -0.4 is 4.74 Å². The lowest BCUT2D eigenvalue weighted by atomic mass is 10.4. The first-order chi connectivity index (χ1) is 7.29. The molecule has 0 saturated heterocycles. The molecule has 0 unspecified atom stereocenters. The molecule has 5 nitrogen and oxygen atoms in total. The fourth-order valence-corrected chi connectivity index (χ4v) is 1.10. The van der Waals surface area contributed by atoms with Crippen LogP contribution in [0.4, 0.5) is 18.9 Å². The van der Waals surface area contributed by atoms with Gasteiger partial charge in [0.1, 0.15) is 4.60 Å². The molecule has 1 aromatic heterocycles. The minimum Gasteiger partial charge on any atom is -0.463 e. The largest absolute Gasteiger partial charge is 0.463 e. The smallest absolute Gasteiger partial charge is 0.422 e. The molecule has 0 aliphatic carbocycles. The molecule has 0 fully saturated rings. The Morgan fingerprint density at radius 2 is 2.12 bits per heavy atom. The first-order valence-electron chi connectivity index (χ1n) is 3.80. The predicted molar refractivity (Wildman–Crippen MR) is 50.1 cm³/mol. The van der Waals surface area contributed by atoms with Crippen LogP contribution in [-0.4, -0.2) is 22.7 Å². The molecule has 0 aliphatic heterocycles. The zero-order chi connectivity index (χ0) is 12.3. The van der Waals surface area contributed by atoms with Crippen LogP contribution in [0, 0.1) is 10.1 Å². The van der Waals surface area contributed by atoms with E-state index in [1.165, 1.54) is 6.07 Å². The molecule has 0 atom stereocenters. The molecular weight excluding hydrogens is 297 g/mol. The minimum absolute atomic E-state index is 0.148. The Kier molecular flexibility index (Phi) is 3.68. The third kappa shape index (κ3) is 3.65. The van der Waals surface area contributed by atoms with Crippen molar-refractivity contribution in [3.8, 4) is 5.88 Å². The van der Waals surface area contributed by atoms with E-state index in [2.05, 4.69) is 25.7 Å². The number of hydrogen-bond acceptors (Lipinski definition) is 4. The van der Waals surface area contributed by atoms with Crippen LogP contribution in [0.1, 0.15) is 0 Å². The fraction of sp³-hybridized carbons (Fsp3) is 0.286. The number of rotatable bonds is 3. The highest BCUT2D eigenvalue weighted by molar-refractivity contribution is 9.10. The topological polar surface area (TPSA) is 65.3 Å². The summed E-state index contributed by atoms with van der Waals surface area (Å²) in [5.41, 5.74) is -0.618. The maximum Gasteiger partial charge on any atom is 0.422 e. The Labute approximate surface area is 95.5 Å². The number of hydrogen-bond donors (Lipinski definition) is 0. The van der Waals surface area contributed by atoms with Gasteiger partial charge in [-0.25, -0.2) is 4.98 Å². The lowest BCUT2D eigenvalue weighted by Crippen LogP contribution is -2.20. The summed E-state index contributed by atoms with van der Waals surface area (Å²) in [6, 6.07) is 2.24. The van der Waals surface area contributed by atoms with Gasteiger partial charge in [-0.1, -0.05) is 0 Å². The maximum absolute atomic E-state index is 11.8. The van der Waals surface area contributed by atoms with Crippen molar-refractivity contribution in [3.63, 3.8) is 0 Å². The lowest BCUT2D eigenvalue weighted by Gasteiger charge is -2.08. The molecule has 1 heterocycles. The van der Waals surface area contributed by atoms with Gasteiger partial charge in [-0.2, -0.15) is 13.2 Å². The second kappa shape index (κ2) is 4.64. The van der Waals surface area contributed by atoms with Gasteiger partial charge in [-0.3, -0.25) is 10.1 Å². The first-order valence-corrected chi connectivity index (χ1v) is 4.59. The first kappa shape index (κ1) is 12.7. The third-order valence-corrected chi connectivity index (χ3v) is 1.82. The van der Waals surface area contributed by atoms with Crippen LogP contribution in [0.15, 0.2) is 16.7 Å². The third-order valence-electron chi connectivity index (χ3n) is 1.38. The Hall–Kier alpha value is -1.38. The highest BCUT2D eigenvalue weighted by atomic mass is 79.9.